The molecule has 2 unspecified atom stereocenters. The Morgan fingerprint density at radius 2 is 2.12 bits per heavy atom. The summed E-state index contributed by atoms with van der Waals surface area (Å²) in [6, 6.07) is 0.0777. The quantitative estimate of drug-likeness (QED) is 0.788. The highest BCUT2D eigenvalue weighted by molar-refractivity contribution is 5.85. The number of carbonyl (C=O) groups is 1. The molecule has 0 spiro atoms. The average Bonchev–Trinajstić information content (AvgIpc) is 2.27. The Hall–Kier alpha value is -0.320. The van der Waals surface area contributed by atoms with Crippen molar-refractivity contribution in [2.24, 2.45) is 5.92 Å². The van der Waals surface area contributed by atoms with E-state index in [4.69, 9.17) is 4.74 Å². The zero-order chi connectivity index (χ0) is 12.0. The lowest BCUT2D eigenvalue weighted by molar-refractivity contribution is -0.126. The number of amides is 1. The van der Waals surface area contributed by atoms with Crippen molar-refractivity contribution in [2.45, 2.75) is 45.7 Å². The van der Waals surface area contributed by atoms with Crippen LogP contribution in [0.25, 0.3) is 0 Å². The first-order valence-corrected chi connectivity index (χ1v) is 6.21. The minimum absolute atomic E-state index is 0. The van der Waals surface area contributed by atoms with Gasteiger partial charge in [-0.1, -0.05) is 13.8 Å². The maximum absolute atomic E-state index is 11.8. The predicted molar refractivity (Wildman–Crippen MR) is 71.5 cm³/mol. The summed E-state index contributed by atoms with van der Waals surface area (Å²) in [7, 11) is 0. The summed E-state index contributed by atoms with van der Waals surface area (Å²) in [6.07, 6.45) is 2.19. The van der Waals surface area contributed by atoms with Crippen LogP contribution in [0.2, 0.25) is 0 Å². The Morgan fingerprint density at radius 1 is 1.41 bits per heavy atom. The van der Waals surface area contributed by atoms with Crippen molar-refractivity contribution in [1.82, 2.24) is 10.6 Å². The molecule has 17 heavy (non-hydrogen) atoms. The minimum atomic E-state index is -0.171. The first-order valence-electron chi connectivity index (χ1n) is 6.21. The summed E-state index contributed by atoms with van der Waals surface area (Å²) in [6.45, 7) is 8.41. The van der Waals surface area contributed by atoms with E-state index in [0.29, 0.717) is 19.1 Å². The number of halogens is 1. The van der Waals surface area contributed by atoms with Gasteiger partial charge in [0.15, 0.2) is 0 Å². The molecule has 0 radical (unpaired) electrons. The predicted octanol–water partition coefficient (Wildman–Crippen LogP) is 1.34. The lowest BCUT2D eigenvalue weighted by Crippen LogP contribution is -2.52. The molecule has 0 aromatic heterocycles. The van der Waals surface area contributed by atoms with E-state index in [1.807, 2.05) is 0 Å². The molecular formula is C12H25ClN2O2. The molecule has 1 fully saturated rings. The molecule has 1 heterocycles. The van der Waals surface area contributed by atoms with Gasteiger partial charge in [0.2, 0.25) is 5.91 Å². The minimum Gasteiger partial charge on any atom is -0.378 e. The number of rotatable bonds is 5. The molecule has 2 atom stereocenters. The van der Waals surface area contributed by atoms with E-state index in [0.717, 1.165) is 19.4 Å². The topological polar surface area (TPSA) is 50.4 Å². The van der Waals surface area contributed by atoms with E-state index in [9.17, 15) is 4.79 Å². The highest BCUT2D eigenvalue weighted by atomic mass is 35.5. The van der Waals surface area contributed by atoms with Crippen LogP contribution in [-0.4, -0.2) is 37.7 Å². The first kappa shape index (κ1) is 16.7. The Kier molecular flexibility index (Phi) is 8.56. The van der Waals surface area contributed by atoms with E-state index >= 15 is 0 Å². The van der Waals surface area contributed by atoms with Crippen molar-refractivity contribution in [1.29, 1.82) is 0 Å². The molecule has 5 heteroatoms. The number of morpholine rings is 1. The van der Waals surface area contributed by atoms with Gasteiger partial charge in [0.05, 0.1) is 13.2 Å². The fourth-order valence-electron chi connectivity index (χ4n) is 1.73. The van der Waals surface area contributed by atoms with Crippen LogP contribution in [0.15, 0.2) is 0 Å². The van der Waals surface area contributed by atoms with Crippen LogP contribution >= 0.6 is 12.4 Å². The molecule has 0 aromatic rings. The summed E-state index contributed by atoms with van der Waals surface area (Å²) in [4.78, 5) is 11.8. The summed E-state index contributed by atoms with van der Waals surface area (Å²) in [5.74, 6) is 0.756. The SMILES string of the molecule is CC(C)CCC(C)NC(=O)C1COCCN1.Cl. The smallest absolute Gasteiger partial charge is 0.239 e. The number of hydrogen-bond donors (Lipinski definition) is 2. The maximum Gasteiger partial charge on any atom is 0.239 e. The highest BCUT2D eigenvalue weighted by Crippen LogP contribution is 2.06. The molecule has 102 valence electrons. The molecule has 0 saturated carbocycles. The van der Waals surface area contributed by atoms with Crippen molar-refractivity contribution in [3.05, 3.63) is 0 Å². The molecule has 2 N–H and O–H groups in total. The molecule has 1 aliphatic rings. The van der Waals surface area contributed by atoms with Crippen molar-refractivity contribution in [3.8, 4) is 0 Å². The van der Waals surface area contributed by atoms with Crippen LogP contribution in [0.1, 0.15) is 33.6 Å². The lowest BCUT2D eigenvalue weighted by atomic mass is 10.0. The Balaban J connectivity index is 0.00000256. The standard InChI is InChI=1S/C12H24N2O2.ClH/c1-9(2)4-5-10(3)14-12(15)11-8-16-7-6-13-11;/h9-11,13H,4-8H2,1-3H3,(H,14,15);1H. The fraction of sp³-hybridized carbons (Fsp3) is 0.917. The van der Waals surface area contributed by atoms with Crippen molar-refractivity contribution >= 4 is 18.3 Å². The van der Waals surface area contributed by atoms with Crippen LogP contribution in [0.3, 0.4) is 0 Å². The zero-order valence-corrected chi connectivity index (χ0v) is 11.8. The third-order valence-corrected chi connectivity index (χ3v) is 2.80. The Morgan fingerprint density at radius 3 is 2.65 bits per heavy atom. The zero-order valence-electron chi connectivity index (χ0n) is 11.0. The largest absolute Gasteiger partial charge is 0.378 e. The number of nitrogens with one attached hydrogen (secondary N) is 2. The summed E-state index contributed by atoms with van der Waals surface area (Å²) >= 11 is 0. The molecule has 0 aromatic carbocycles. The molecule has 1 amide bonds. The fourth-order valence-corrected chi connectivity index (χ4v) is 1.73. The normalized spacial score (nSPS) is 21.8. The van der Waals surface area contributed by atoms with Crippen LogP contribution < -0.4 is 10.6 Å². The summed E-state index contributed by atoms with van der Waals surface area (Å²) in [5.41, 5.74) is 0. The van der Waals surface area contributed by atoms with Gasteiger partial charge in [-0.25, -0.2) is 0 Å². The molecule has 1 rings (SSSR count). The second-order valence-electron chi connectivity index (χ2n) is 4.96. The molecule has 4 nitrogen and oxygen atoms in total. The maximum atomic E-state index is 11.8. The van der Waals surface area contributed by atoms with Gasteiger partial charge >= 0.3 is 0 Å². The summed E-state index contributed by atoms with van der Waals surface area (Å²) < 4.78 is 5.26. The van der Waals surface area contributed by atoms with Crippen LogP contribution in [-0.2, 0) is 9.53 Å². The summed E-state index contributed by atoms with van der Waals surface area (Å²) in [5, 5.41) is 6.18. The third kappa shape index (κ3) is 6.86. The number of ether oxygens (including phenoxy) is 1. The third-order valence-electron chi connectivity index (χ3n) is 2.80. The van der Waals surface area contributed by atoms with E-state index in [-0.39, 0.29) is 30.4 Å². The highest BCUT2D eigenvalue weighted by Gasteiger charge is 2.22. The van der Waals surface area contributed by atoms with Crippen LogP contribution in [0.5, 0.6) is 0 Å². The monoisotopic (exact) mass is 264 g/mol. The van der Waals surface area contributed by atoms with E-state index in [2.05, 4.69) is 31.4 Å². The van der Waals surface area contributed by atoms with E-state index < -0.39 is 0 Å². The Labute approximate surface area is 110 Å². The first-order chi connectivity index (χ1) is 7.59. The van der Waals surface area contributed by atoms with Crippen molar-refractivity contribution in [3.63, 3.8) is 0 Å². The molecule has 0 aliphatic carbocycles. The van der Waals surface area contributed by atoms with Crippen molar-refractivity contribution < 1.29 is 9.53 Å². The molecular weight excluding hydrogens is 240 g/mol. The van der Waals surface area contributed by atoms with Gasteiger partial charge in [-0.3, -0.25) is 4.79 Å². The van der Waals surface area contributed by atoms with Crippen molar-refractivity contribution in [2.75, 3.05) is 19.8 Å². The van der Waals surface area contributed by atoms with Gasteiger partial charge in [0, 0.05) is 12.6 Å². The second-order valence-corrected chi connectivity index (χ2v) is 4.96. The Bertz CT molecular complexity index is 219. The lowest BCUT2D eigenvalue weighted by Gasteiger charge is -2.25. The van der Waals surface area contributed by atoms with Gasteiger partial charge in [0.25, 0.3) is 0 Å². The molecule has 1 saturated heterocycles. The van der Waals surface area contributed by atoms with Crippen LogP contribution in [0, 0.1) is 5.92 Å². The van der Waals surface area contributed by atoms with E-state index in [1.54, 1.807) is 0 Å². The number of hydrogen-bond acceptors (Lipinski definition) is 3. The van der Waals surface area contributed by atoms with Crippen LogP contribution in [0.4, 0.5) is 0 Å². The van der Waals surface area contributed by atoms with Gasteiger partial charge in [-0.15, -0.1) is 12.4 Å². The average molecular weight is 265 g/mol. The van der Waals surface area contributed by atoms with Gasteiger partial charge in [-0.2, -0.15) is 0 Å². The molecule has 0 bridgehead atoms. The van der Waals surface area contributed by atoms with Gasteiger partial charge in [0.1, 0.15) is 6.04 Å². The number of carbonyl (C=O) groups excluding carboxylic acids is 1. The van der Waals surface area contributed by atoms with Gasteiger partial charge in [-0.05, 0) is 25.7 Å². The van der Waals surface area contributed by atoms with Gasteiger partial charge < -0.3 is 15.4 Å². The molecule has 1 aliphatic heterocycles. The van der Waals surface area contributed by atoms with E-state index in [1.165, 1.54) is 0 Å². The second kappa shape index (κ2) is 8.72.